The van der Waals surface area contributed by atoms with E-state index in [2.05, 4.69) is 13.8 Å². The summed E-state index contributed by atoms with van der Waals surface area (Å²) >= 11 is 0. The fourth-order valence-electron chi connectivity index (χ4n) is 1.61. The van der Waals surface area contributed by atoms with Crippen LogP contribution < -0.4 is 4.74 Å². The van der Waals surface area contributed by atoms with Crippen molar-refractivity contribution in [3.05, 3.63) is 23.8 Å². The van der Waals surface area contributed by atoms with Crippen LogP contribution in [0, 0.1) is 5.92 Å². The third-order valence-electron chi connectivity index (χ3n) is 3.11. The largest absolute Gasteiger partial charge is 0.493 e. The van der Waals surface area contributed by atoms with Crippen molar-refractivity contribution in [1.82, 2.24) is 0 Å². The fraction of sp³-hybridized carbons (Fsp3) is 0.571. The Hall–Kier alpha value is -0.740. The van der Waals surface area contributed by atoms with Crippen LogP contribution in [0.15, 0.2) is 23.1 Å². The van der Waals surface area contributed by atoms with Gasteiger partial charge in [-0.15, -0.1) is 0 Å². The molecule has 0 radical (unpaired) electrons. The van der Waals surface area contributed by atoms with Gasteiger partial charge in [-0.3, -0.25) is 0 Å². The molecule has 0 heterocycles. The number of hydrogen-bond donors (Lipinski definition) is 0. The number of rotatable bonds is 6. The van der Waals surface area contributed by atoms with Gasteiger partial charge in [0.25, 0.3) is 9.05 Å². The van der Waals surface area contributed by atoms with Crippen LogP contribution in [0.25, 0.3) is 0 Å². The lowest BCUT2D eigenvalue weighted by molar-refractivity contribution is 0.253. The molecule has 5 heteroatoms. The molecule has 0 aliphatic heterocycles. The minimum Gasteiger partial charge on any atom is -0.493 e. The van der Waals surface area contributed by atoms with Crippen molar-refractivity contribution in [1.29, 1.82) is 0 Å². The molecule has 0 spiro atoms. The van der Waals surface area contributed by atoms with Gasteiger partial charge in [0.15, 0.2) is 0 Å². The molecule has 1 atom stereocenters. The molecule has 0 saturated heterocycles. The third kappa shape index (κ3) is 4.69. The van der Waals surface area contributed by atoms with Crippen molar-refractivity contribution in [2.75, 3.05) is 6.61 Å². The van der Waals surface area contributed by atoms with Crippen LogP contribution in [0.2, 0.25) is 0 Å². The topological polar surface area (TPSA) is 43.4 Å². The second kappa shape index (κ2) is 6.62. The fourth-order valence-corrected chi connectivity index (χ4v) is 2.40. The highest BCUT2D eigenvalue weighted by Crippen LogP contribution is 2.30. The van der Waals surface area contributed by atoms with Gasteiger partial charge in [0.05, 0.1) is 11.5 Å². The molecule has 0 amide bonds. The van der Waals surface area contributed by atoms with E-state index in [1.165, 1.54) is 6.07 Å². The predicted octanol–water partition coefficient (Wildman–Crippen LogP) is 4.16. The summed E-state index contributed by atoms with van der Waals surface area (Å²) < 4.78 is 28.5. The van der Waals surface area contributed by atoms with Gasteiger partial charge >= 0.3 is 0 Å². The van der Waals surface area contributed by atoms with Crippen molar-refractivity contribution in [2.45, 2.75) is 44.9 Å². The van der Waals surface area contributed by atoms with E-state index in [4.69, 9.17) is 15.4 Å². The van der Waals surface area contributed by atoms with E-state index in [1.54, 1.807) is 12.1 Å². The van der Waals surface area contributed by atoms with Crippen LogP contribution in [-0.2, 0) is 9.05 Å². The van der Waals surface area contributed by atoms with Crippen molar-refractivity contribution < 1.29 is 13.2 Å². The average Bonchev–Trinajstić information content (AvgIpc) is 2.34. The first kappa shape index (κ1) is 16.3. The van der Waals surface area contributed by atoms with Gasteiger partial charge in [-0.25, -0.2) is 8.42 Å². The minimum absolute atomic E-state index is 0.119. The molecule has 0 aliphatic rings. The van der Waals surface area contributed by atoms with Crippen LogP contribution in [0.1, 0.15) is 45.6 Å². The van der Waals surface area contributed by atoms with Crippen LogP contribution in [0.3, 0.4) is 0 Å². The van der Waals surface area contributed by atoms with E-state index in [9.17, 15) is 8.42 Å². The molecule has 0 aliphatic carbocycles. The SMILES string of the molecule is CCC(C)COc1ccc(S(=O)(=O)Cl)cc1C(C)C. The summed E-state index contributed by atoms with van der Waals surface area (Å²) in [6.45, 7) is 8.85. The van der Waals surface area contributed by atoms with Gasteiger partial charge in [0.2, 0.25) is 0 Å². The number of benzene rings is 1. The van der Waals surface area contributed by atoms with E-state index in [-0.39, 0.29) is 10.8 Å². The van der Waals surface area contributed by atoms with Crippen LogP contribution >= 0.6 is 10.7 Å². The van der Waals surface area contributed by atoms with Gasteiger partial charge in [0.1, 0.15) is 5.75 Å². The molecule has 3 nitrogen and oxygen atoms in total. The van der Waals surface area contributed by atoms with E-state index in [0.717, 1.165) is 17.7 Å². The zero-order valence-corrected chi connectivity index (χ0v) is 13.4. The van der Waals surface area contributed by atoms with Crippen LogP contribution in [0.5, 0.6) is 5.75 Å². The van der Waals surface area contributed by atoms with Crippen molar-refractivity contribution in [2.24, 2.45) is 5.92 Å². The van der Waals surface area contributed by atoms with Gasteiger partial charge in [-0.1, -0.05) is 34.1 Å². The molecule has 0 N–H and O–H groups in total. The summed E-state index contributed by atoms with van der Waals surface area (Å²) in [5.41, 5.74) is 0.866. The maximum Gasteiger partial charge on any atom is 0.261 e. The molecule has 108 valence electrons. The number of ether oxygens (including phenoxy) is 1. The summed E-state index contributed by atoms with van der Waals surface area (Å²) in [4.78, 5) is 0.119. The molecule has 0 bridgehead atoms. The Morgan fingerprint density at radius 2 is 1.89 bits per heavy atom. The molecule has 0 fully saturated rings. The minimum atomic E-state index is -3.69. The first-order chi connectivity index (χ1) is 8.75. The average molecular weight is 305 g/mol. The van der Waals surface area contributed by atoms with E-state index < -0.39 is 9.05 Å². The normalized spacial score (nSPS) is 13.6. The highest BCUT2D eigenvalue weighted by molar-refractivity contribution is 8.13. The molecule has 0 aromatic heterocycles. The smallest absolute Gasteiger partial charge is 0.261 e. The zero-order valence-electron chi connectivity index (χ0n) is 11.8. The maximum absolute atomic E-state index is 11.4. The molecular formula is C14H21ClO3S. The van der Waals surface area contributed by atoms with Crippen LogP contribution in [-0.4, -0.2) is 15.0 Å². The molecule has 0 saturated carbocycles. The molecule has 1 aromatic carbocycles. The molecule has 19 heavy (non-hydrogen) atoms. The lowest BCUT2D eigenvalue weighted by Gasteiger charge is -2.17. The summed E-state index contributed by atoms with van der Waals surface area (Å²) in [5.74, 6) is 1.38. The van der Waals surface area contributed by atoms with Gasteiger partial charge in [-0.05, 0) is 35.6 Å². The Bertz CT molecular complexity index is 523. The van der Waals surface area contributed by atoms with Gasteiger partial charge in [-0.2, -0.15) is 0 Å². The Morgan fingerprint density at radius 3 is 2.37 bits per heavy atom. The summed E-state index contributed by atoms with van der Waals surface area (Å²) in [6, 6.07) is 4.77. The Balaban J connectivity index is 3.05. The summed E-state index contributed by atoms with van der Waals surface area (Å²) in [6.07, 6.45) is 1.05. The quantitative estimate of drug-likeness (QED) is 0.741. The molecule has 1 aromatic rings. The monoisotopic (exact) mass is 304 g/mol. The summed E-state index contributed by atoms with van der Waals surface area (Å²) in [7, 11) is 1.67. The second-order valence-corrected chi connectivity index (χ2v) is 7.68. The number of hydrogen-bond acceptors (Lipinski definition) is 3. The lowest BCUT2D eigenvalue weighted by Crippen LogP contribution is -2.09. The van der Waals surface area contributed by atoms with Crippen LogP contribution in [0.4, 0.5) is 0 Å². The molecule has 1 unspecified atom stereocenters. The van der Waals surface area contributed by atoms with E-state index in [1.807, 2.05) is 13.8 Å². The summed E-state index contributed by atoms with van der Waals surface area (Å²) in [5, 5.41) is 0. The Labute approximate surface area is 120 Å². The first-order valence-corrected chi connectivity index (χ1v) is 8.78. The van der Waals surface area contributed by atoms with Gasteiger partial charge in [0, 0.05) is 10.7 Å². The Kier molecular flexibility index (Phi) is 5.68. The molecule has 1 rings (SSSR count). The lowest BCUT2D eigenvalue weighted by atomic mass is 10.0. The van der Waals surface area contributed by atoms with Gasteiger partial charge < -0.3 is 4.74 Å². The zero-order chi connectivity index (χ0) is 14.6. The maximum atomic E-state index is 11.4. The predicted molar refractivity (Wildman–Crippen MR) is 78.5 cm³/mol. The standard InChI is InChI=1S/C14H21ClO3S/c1-5-11(4)9-18-14-7-6-12(19(15,16)17)8-13(14)10(2)3/h6-8,10-11H,5,9H2,1-4H3. The second-order valence-electron chi connectivity index (χ2n) is 5.12. The molecular weight excluding hydrogens is 284 g/mol. The third-order valence-corrected chi connectivity index (χ3v) is 4.46. The highest BCUT2D eigenvalue weighted by atomic mass is 35.7. The van der Waals surface area contributed by atoms with Crippen molar-refractivity contribution >= 4 is 19.7 Å². The Morgan fingerprint density at radius 1 is 1.26 bits per heavy atom. The van der Waals surface area contributed by atoms with Crippen molar-refractivity contribution in [3.8, 4) is 5.75 Å². The van der Waals surface area contributed by atoms with E-state index >= 15 is 0 Å². The van der Waals surface area contributed by atoms with E-state index in [0.29, 0.717) is 12.5 Å². The van der Waals surface area contributed by atoms with Crippen molar-refractivity contribution in [3.63, 3.8) is 0 Å². The first-order valence-electron chi connectivity index (χ1n) is 6.47. The number of halogens is 1. The highest BCUT2D eigenvalue weighted by Gasteiger charge is 2.16.